The molecule has 3 aliphatic rings. The Bertz CT molecular complexity index is 1710. The molecular weight excluding hydrogens is 672 g/mol. The van der Waals surface area contributed by atoms with E-state index in [0.29, 0.717) is 0 Å². The Hall–Kier alpha value is -2.52. The number of anilines is 2. The van der Waals surface area contributed by atoms with E-state index in [9.17, 15) is 9.13 Å². The van der Waals surface area contributed by atoms with Crippen molar-refractivity contribution in [2.45, 2.75) is 49.2 Å². The summed E-state index contributed by atoms with van der Waals surface area (Å²) in [6, 6.07) is 0. The van der Waals surface area contributed by atoms with Crippen LogP contribution < -0.4 is 11.5 Å². The van der Waals surface area contributed by atoms with Gasteiger partial charge in [-0.2, -0.15) is 0 Å². The number of hydrogen-bond donors (Lipinski definition) is 4. The molecule has 4 N–H and O–H groups in total. The number of imidazole rings is 2. The molecule has 7 heterocycles. The van der Waals surface area contributed by atoms with Gasteiger partial charge in [0, 0.05) is 0 Å². The van der Waals surface area contributed by atoms with Crippen LogP contribution in [0, 0.1) is 0 Å². The van der Waals surface area contributed by atoms with E-state index in [1.165, 1.54) is 21.8 Å². The third-order valence-corrected chi connectivity index (χ3v) is 10.4. The number of aromatic nitrogens is 8. The van der Waals surface area contributed by atoms with E-state index in [4.69, 9.17) is 39.0 Å². The molecule has 18 nitrogen and oxygen atoms in total. The standard InChI is InChI=1S/C20H22F2N10O8P2S2/c21-9-13-7(37-19(9)31-5-29-11-15(23)25-3-27-17(11)31)1-35-41(33,43)40-14-8(2-36-42(34,44)39-13)38-20(10(14)22)32-6-30-12-16(24)26-4-28-18(12)32/h3-10,13-14,19-20H,1-2H2,(H,33,43)(H,34,44)(H2,23,25,27)(H2,24,26,28)/t7-,8?,9-,10-,13-,14-,19-,20-,41-,42-/m1/s1. The summed E-state index contributed by atoms with van der Waals surface area (Å²) in [4.78, 5) is 24.0. The summed E-state index contributed by atoms with van der Waals surface area (Å²) < 4.78 is 94.5. The first-order chi connectivity index (χ1) is 20.9. The molecule has 0 saturated carbocycles. The lowest BCUT2D eigenvalue weighted by Gasteiger charge is -2.28. The fraction of sp³-hybridized carbons (Fsp3) is 0.500. The lowest BCUT2D eigenvalue weighted by atomic mass is 10.1. The number of fused-ring (bicyclic) bond motifs is 4. The van der Waals surface area contributed by atoms with Crippen molar-refractivity contribution in [2.24, 2.45) is 0 Å². The van der Waals surface area contributed by atoms with E-state index >= 15 is 8.78 Å². The third-order valence-electron chi connectivity index (χ3n) is 7.17. The Morgan fingerprint density at radius 1 is 0.727 bits per heavy atom. The molecule has 0 aromatic carbocycles. The van der Waals surface area contributed by atoms with E-state index in [1.54, 1.807) is 0 Å². The molecule has 3 fully saturated rings. The van der Waals surface area contributed by atoms with Crippen LogP contribution in [0.3, 0.4) is 0 Å². The molecule has 0 spiro atoms. The van der Waals surface area contributed by atoms with E-state index in [1.807, 2.05) is 0 Å². The predicted octanol–water partition coefficient (Wildman–Crippen LogP) is 2.19. The molecule has 3 saturated heterocycles. The zero-order chi connectivity index (χ0) is 31.0. The second-order valence-electron chi connectivity index (χ2n) is 9.85. The van der Waals surface area contributed by atoms with Gasteiger partial charge in [0.25, 0.3) is 0 Å². The van der Waals surface area contributed by atoms with Crippen molar-refractivity contribution in [1.29, 1.82) is 0 Å². The Balaban J connectivity index is 1.17. The van der Waals surface area contributed by atoms with Crippen LogP contribution in [0.5, 0.6) is 0 Å². The maximum Gasteiger partial charge on any atom is 0.386 e. The summed E-state index contributed by atoms with van der Waals surface area (Å²) in [6.45, 7) is -10.1. The number of ether oxygens (including phenoxy) is 2. The minimum atomic E-state index is -4.39. The van der Waals surface area contributed by atoms with E-state index < -0.39 is 76.0 Å². The summed E-state index contributed by atoms with van der Waals surface area (Å²) in [5, 5.41) is 0. The van der Waals surface area contributed by atoms with Crippen LogP contribution in [0.2, 0.25) is 0 Å². The highest BCUT2D eigenvalue weighted by molar-refractivity contribution is 8.44. The molecule has 24 heteroatoms. The monoisotopic (exact) mass is 694 g/mol. The highest BCUT2D eigenvalue weighted by Crippen LogP contribution is 2.60. The van der Waals surface area contributed by atoms with Gasteiger partial charge < -0.3 is 20.9 Å². The van der Waals surface area contributed by atoms with Gasteiger partial charge in [-0.05, 0) is 0 Å². The zero-order valence-corrected chi connectivity index (χ0v) is 25.5. The quantitative estimate of drug-likeness (QED) is 0.174. The van der Waals surface area contributed by atoms with Crippen LogP contribution in [0.15, 0.2) is 25.3 Å². The normalized spacial score (nSPS) is 38.3. The first-order valence-corrected chi connectivity index (χ1v) is 18.1. The van der Waals surface area contributed by atoms with Crippen LogP contribution in [0.25, 0.3) is 22.3 Å². The molecule has 4 aromatic heterocycles. The van der Waals surface area contributed by atoms with Gasteiger partial charge in [-0.3, -0.25) is 27.2 Å². The third kappa shape index (κ3) is 5.25. The average Bonchev–Trinajstić information content (AvgIpc) is 3.73. The molecule has 1 unspecified atom stereocenters. The Morgan fingerprint density at radius 2 is 1.14 bits per heavy atom. The van der Waals surface area contributed by atoms with Crippen molar-refractivity contribution >= 4 is 72.1 Å². The van der Waals surface area contributed by atoms with E-state index in [-0.39, 0.29) is 34.0 Å². The lowest BCUT2D eigenvalue weighted by Crippen LogP contribution is -2.36. The van der Waals surface area contributed by atoms with Crippen LogP contribution >= 0.6 is 38.1 Å². The van der Waals surface area contributed by atoms with Crippen LogP contribution in [0.1, 0.15) is 12.5 Å². The van der Waals surface area contributed by atoms with Gasteiger partial charge in [0.15, 0.2) is 47.7 Å². The number of halogens is 2. The number of hydrogen-bond acceptors (Lipinski definition) is 16. The highest BCUT2D eigenvalue weighted by atomic mass is 32.7. The summed E-state index contributed by atoms with van der Waals surface area (Å²) in [7, 11) is 0. The average molecular weight is 695 g/mol. The second-order valence-corrected chi connectivity index (χ2v) is 15.6. The lowest BCUT2D eigenvalue weighted by molar-refractivity contribution is -0.0544. The van der Waals surface area contributed by atoms with Gasteiger partial charge in [0.1, 0.15) is 48.1 Å². The molecule has 0 bridgehead atoms. The highest BCUT2D eigenvalue weighted by Gasteiger charge is 2.54. The van der Waals surface area contributed by atoms with Gasteiger partial charge in [0.2, 0.25) is 0 Å². The SMILES string of the molecule is Nc1ncnc2c1ncn2[C@@H]1O[C@@H]2CO[P@@](=O)(S)O[C@@H]3C(CO[P@@](=O)(S)O[C@H]2[C@H]1F)O[C@@H](n1cnc2c(N)ncnc21)[C@@H]3F. The van der Waals surface area contributed by atoms with Crippen molar-refractivity contribution in [3.63, 3.8) is 0 Å². The number of nitrogen functional groups attached to an aromatic ring is 2. The molecule has 7 rings (SSSR count). The molecule has 0 aliphatic carbocycles. The molecule has 0 radical (unpaired) electrons. The first kappa shape index (κ1) is 30.2. The first-order valence-electron chi connectivity index (χ1n) is 12.7. The van der Waals surface area contributed by atoms with Gasteiger partial charge in [0.05, 0.1) is 25.9 Å². The van der Waals surface area contributed by atoms with Crippen LogP contribution in [0.4, 0.5) is 20.4 Å². The van der Waals surface area contributed by atoms with Gasteiger partial charge in [-0.1, -0.05) is 24.5 Å². The molecule has 0 amide bonds. The molecule has 3 aliphatic heterocycles. The maximum atomic E-state index is 16.0. The Labute approximate surface area is 255 Å². The minimum Gasteiger partial charge on any atom is -0.382 e. The fourth-order valence-electron chi connectivity index (χ4n) is 5.17. The maximum absolute atomic E-state index is 16.0. The smallest absolute Gasteiger partial charge is 0.382 e. The summed E-state index contributed by atoms with van der Waals surface area (Å²) in [5.74, 6) is 0.101. The summed E-state index contributed by atoms with van der Waals surface area (Å²) in [5.41, 5.74) is 12.3. The fourth-order valence-corrected chi connectivity index (χ4v) is 8.14. The zero-order valence-electron chi connectivity index (χ0n) is 21.9. The number of nitrogens with zero attached hydrogens (tertiary/aromatic N) is 8. The van der Waals surface area contributed by atoms with Gasteiger partial charge in [-0.25, -0.2) is 47.8 Å². The summed E-state index contributed by atoms with van der Waals surface area (Å²) >= 11 is 7.99. The number of thiol groups is 2. The second kappa shape index (κ2) is 11.1. The minimum absolute atomic E-state index is 0.0504. The Morgan fingerprint density at radius 3 is 1.55 bits per heavy atom. The van der Waals surface area contributed by atoms with Crippen LogP contribution in [-0.2, 0) is 36.7 Å². The van der Waals surface area contributed by atoms with E-state index in [2.05, 4.69) is 54.4 Å². The summed E-state index contributed by atoms with van der Waals surface area (Å²) in [6.07, 6.45) is -8.12. The van der Waals surface area contributed by atoms with Crippen molar-refractivity contribution in [2.75, 3.05) is 24.7 Å². The Kier molecular flexibility index (Phi) is 7.59. The largest absolute Gasteiger partial charge is 0.386 e. The van der Waals surface area contributed by atoms with Gasteiger partial charge >= 0.3 is 13.6 Å². The number of nitrogens with two attached hydrogens (primary N) is 2. The molecule has 10 atom stereocenters. The number of alkyl halides is 2. The number of rotatable bonds is 2. The van der Waals surface area contributed by atoms with Crippen molar-refractivity contribution in [1.82, 2.24) is 39.0 Å². The molecule has 44 heavy (non-hydrogen) atoms. The van der Waals surface area contributed by atoms with Gasteiger partial charge in [-0.15, -0.1) is 0 Å². The van der Waals surface area contributed by atoms with Crippen molar-refractivity contribution in [3.8, 4) is 0 Å². The molecular formula is C20H22F2N10O8P2S2. The molecule has 236 valence electrons. The molecule has 4 aromatic rings. The van der Waals surface area contributed by atoms with Crippen molar-refractivity contribution < 1.29 is 45.5 Å². The van der Waals surface area contributed by atoms with Crippen LogP contribution in [-0.4, -0.2) is 89.0 Å². The predicted molar refractivity (Wildman–Crippen MR) is 152 cm³/mol. The van der Waals surface area contributed by atoms with E-state index in [0.717, 1.165) is 12.7 Å². The topological polar surface area (TPSA) is 229 Å². The van der Waals surface area contributed by atoms with Crippen molar-refractivity contribution in [3.05, 3.63) is 25.3 Å².